The largest absolute Gasteiger partial charge is 0.279 e. The van der Waals surface area contributed by atoms with Crippen molar-refractivity contribution in [3.8, 4) is 0 Å². The SMILES string of the molecule is CC(=O)N1C(=O)[C@@H]2C[C@H]3C=Cc4ccccc4[C@]32[C@@H]1C. The van der Waals surface area contributed by atoms with Crippen molar-refractivity contribution in [3.63, 3.8) is 0 Å². The molecule has 0 bridgehead atoms. The first-order valence-electron chi connectivity index (χ1n) is 7.19. The van der Waals surface area contributed by atoms with E-state index in [-0.39, 0.29) is 29.2 Å². The van der Waals surface area contributed by atoms with Gasteiger partial charge in [-0.2, -0.15) is 0 Å². The van der Waals surface area contributed by atoms with Crippen molar-refractivity contribution in [3.05, 3.63) is 41.5 Å². The molecule has 1 saturated heterocycles. The monoisotopic (exact) mass is 267 g/mol. The highest BCUT2D eigenvalue weighted by atomic mass is 16.2. The minimum absolute atomic E-state index is 0.0198. The zero-order chi connectivity index (χ0) is 14.1. The van der Waals surface area contributed by atoms with Crippen molar-refractivity contribution in [2.24, 2.45) is 11.8 Å². The van der Waals surface area contributed by atoms with Crippen LogP contribution in [0.5, 0.6) is 0 Å². The Bertz CT molecular complexity index is 663. The maximum atomic E-state index is 12.6. The molecule has 102 valence electrons. The highest BCUT2D eigenvalue weighted by Crippen LogP contribution is 2.63. The summed E-state index contributed by atoms with van der Waals surface area (Å²) in [6.07, 6.45) is 5.26. The second-order valence-corrected chi connectivity index (χ2v) is 6.18. The standard InChI is InChI=1S/C17H17NO2/c1-10-17-13(8-7-12-5-3-4-6-14(12)17)9-15(17)16(20)18(10)11(2)19/h3-8,10,13,15H,9H2,1-2H3/t10-,13+,15-,17-/m0/s1. The summed E-state index contributed by atoms with van der Waals surface area (Å²) in [7, 11) is 0. The molecule has 2 amide bonds. The number of nitrogens with zero attached hydrogens (tertiary/aromatic N) is 1. The fraction of sp³-hybridized carbons (Fsp3) is 0.412. The van der Waals surface area contributed by atoms with Crippen molar-refractivity contribution in [2.75, 3.05) is 0 Å². The van der Waals surface area contributed by atoms with E-state index in [4.69, 9.17) is 0 Å². The van der Waals surface area contributed by atoms with Gasteiger partial charge in [-0.25, -0.2) is 0 Å². The molecular formula is C17H17NO2. The Labute approximate surface area is 118 Å². The molecule has 3 nitrogen and oxygen atoms in total. The summed E-state index contributed by atoms with van der Waals surface area (Å²) in [5.74, 6) is 0.242. The lowest BCUT2D eigenvalue weighted by Crippen LogP contribution is -2.57. The molecule has 2 aliphatic carbocycles. The van der Waals surface area contributed by atoms with Gasteiger partial charge in [-0.15, -0.1) is 0 Å². The number of carbonyl (C=O) groups is 2. The Morgan fingerprint density at radius 2 is 2.10 bits per heavy atom. The van der Waals surface area contributed by atoms with Crippen LogP contribution in [-0.4, -0.2) is 22.8 Å². The number of fused-ring (bicyclic) bond motifs is 1. The Morgan fingerprint density at radius 1 is 1.35 bits per heavy atom. The summed E-state index contributed by atoms with van der Waals surface area (Å²) in [4.78, 5) is 25.9. The number of likely N-dealkylation sites (tertiary alicyclic amines) is 1. The maximum Gasteiger partial charge on any atom is 0.233 e. The second-order valence-electron chi connectivity index (χ2n) is 6.18. The summed E-state index contributed by atoms with van der Waals surface area (Å²) >= 11 is 0. The highest BCUT2D eigenvalue weighted by Gasteiger charge is 2.69. The van der Waals surface area contributed by atoms with Crippen LogP contribution < -0.4 is 0 Å². The number of hydrogen-bond donors (Lipinski definition) is 0. The van der Waals surface area contributed by atoms with E-state index >= 15 is 0 Å². The van der Waals surface area contributed by atoms with Crippen LogP contribution in [0.1, 0.15) is 31.4 Å². The number of hydrogen-bond acceptors (Lipinski definition) is 2. The minimum Gasteiger partial charge on any atom is -0.279 e. The average molecular weight is 267 g/mol. The van der Waals surface area contributed by atoms with E-state index in [0.29, 0.717) is 5.92 Å². The van der Waals surface area contributed by atoms with Crippen molar-refractivity contribution in [2.45, 2.75) is 31.7 Å². The molecule has 1 aromatic carbocycles. The first-order chi connectivity index (χ1) is 9.58. The lowest BCUT2D eigenvalue weighted by atomic mass is 9.47. The topological polar surface area (TPSA) is 37.4 Å². The molecule has 1 spiro atoms. The first kappa shape index (κ1) is 11.9. The summed E-state index contributed by atoms with van der Waals surface area (Å²) in [5.41, 5.74) is 2.25. The van der Waals surface area contributed by atoms with Gasteiger partial charge in [0, 0.05) is 18.4 Å². The number of imide groups is 1. The molecule has 3 aliphatic rings. The number of amides is 2. The molecule has 0 radical (unpaired) electrons. The third-order valence-electron chi connectivity index (χ3n) is 5.57. The lowest BCUT2D eigenvalue weighted by molar-refractivity contribution is -0.143. The zero-order valence-corrected chi connectivity index (χ0v) is 11.7. The van der Waals surface area contributed by atoms with Crippen LogP contribution >= 0.6 is 0 Å². The van der Waals surface area contributed by atoms with E-state index in [1.807, 2.05) is 19.1 Å². The van der Waals surface area contributed by atoms with E-state index in [1.54, 1.807) is 0 Å². The quantitative estimate of drug-likeness (QED) is 0.723. The van der Waals surface area contributed by atoms with E-state index in [0.717, 1.165) is 6.42 Å². The minimum atomic E-state index is -0.186. The molecule has 4 atom stereocenters. The van der Waals surface area contributed by atoms with Gasteiger partial charge in [0.05, 0.1) is 5.92 Å². The molecule has 1 aliphatic heterocycles. The highest BCUT2D eigenvalue weighted by molar-refractivity contribution is 6.00. The fourth-order valence-corrected chi connectivity index (χ4v) is 4.76. The molecule has 3 heteroatoms. The van der Waals surface area contributed by atoms with Gasteiger partial charge >= 0.3 is 0 Å². The molecule has 1 heterocycles. The van der Waals surface area contributed by atoms with Crippen LogP contribution in [-0.2, 0) is 15.0 Å². The molecule has 4 rings (SSSR count). The van der Waals surface area contributed by atoms with Crippen molar-refractivity contribution < 1.29 is 9.59 Å². The van der Waals surface area contributed by atoms with Gasteiger partial charge in [0.25, 0.3) is 0 Å². The first-order valence-corrected chi connectivity index (χ1v) is 7.19. The summed E-state index contributed by atoms with van der Waals surface area (Å²) in [6.45, 7) is 3.52. The summed E-state index contributed by atoms with van der Waals surface area (Å²) in [6, 6.07) is 8.23. The van der Waals surface area contributed by atoms with Crippen LogP contribution in [0.25, 0.3) is 6.08 Å². The van der Waals surface area contributed by atoms with Crippen molar-refractivity contribution >= 4 is 17.9 Å². The predicted octanol–water partition coefficient (Wildman–Crippen LogP) is 2.36. The van der Waals surface area contributed by atoms with Crippen LogP contribution in [0.2, 0.25) is 0 Å². The molecule has 0 aromatic heterocycles. The molecule has 1 aromatic rings. The fourth-order valence-electron chi connectivity index (χ4n) is 4.76. The molecule has 2 fully saturated rings. The van der Waals surface area contributed by atoms with Crippen LogP contribution in [0, 0.1) is 11.8 Å². The van der Waals surface area contributed by atoms with Crippen LogP contribution in [0.4, 0.5) is 0 Å². The number of benzene rings is 1. The molecular weight excluding hydrogens is 250 g/mol. The van der Waals surface area contributed by atoms with Crippen LogP contribution in [0.15, 0.2) is 30.3 Å². The van der Waals surface area contributed by atoms with Crippen molar-refractivity contribution in [1.82, 2.24) is 4.90 Å². The van der Waals surface area contributed by atoms with Gasteiger partial charge in [-0.05, 0) is 30.4 Å². The summed E-state index contributed by atoms with van der Waals surface area (Å²) < 4.78 is 0. The maximum absolute atomic E-state index is 12.6. The smallest absolute Gasteiger partial charge is 0.233 e. The Kier molecular flexibility index (Phi) is 2.14. The Balaban J connectivity index is 1.94. The molecule has 0 unspecified atom stereocenters. The number of allylic oxidation sites excluding steroid dienone is 1. The number of carbonyl (C=O) groups excluding carboxylic acids is 2. The normalized spacial score (nSPS) is 37.0. The Hall–Kier alpha value is -1.90. The van der Waals surface area contributed by atoms with Crippen LogP contribution in [0.3, 0.4) is 0 Å². The van der Waals surface area contributed by atoms with E-state index in [9.17, 15) is 9.59 Å². The van der Waals surface area contributed by atoms with E-state index in [2.05, 4.69) is 24.3 Å². The lowest BCUT2D eigenvalue weighted by Gasteiger charge is -2.54. The van der Waals surface area contributed by atoms with Crippen molar-refractivity contribution in [1.29, 1.82) is 0 Å². The summed E-state index contributed by atoms with van der Waals surface area (Å²) in [5, 5.41) is 0. The van der Waals surface area contributed by atoms with Gasteiger partial charge < -0.3 is 0 Å². The van der Waals surface area contributed by atoms with E-state index in [1.165, 1.54) is 23.0 Å². The van der Waals surface area contributed by atoms with Gasteiger partial charge in [0.1, 0.15) is 0 Å². The second kappa shape index (κ2) is 3.60. The number of rotatable bonds is 0. The molecule has 1 saturated carbocycles. The average Bonchev–Trinajstić information content (AvgIpc) is 2.54. The van der Waals surface area contributed by atoms with E-state index < -0.39 is 0 Å². The third kappa shape index (κ3) is 1.09. The Morgan fingerprint density at radius 3 is 2.85 bits per heavy atom. The predicted molar refractivity (Wildman–Crippen MR) is 75.7 cm³/mol. The van der Waals surface area contributed by atoms with Gasteiger partial charge in [0.2, 0.25) is 11.8 Å². The molecule has 0 N–H and O–H groups in total. The molecule has 20 heavy (non-hydrogen) atoms. The van der Waals surface area contributed by atoms with Gasteiger partial charge in [-0.3, -0.25) is 14.5 Å². The van der Waals surface area contributed by atoms with Gasteiger partial charge in [0.15, 0.2) is 0 Å². The third-order valence-corrected chi connectivity index (χ3v) is 5.57. The van der Waals surface area contributed by atoms with Gasteiger partial charge in [-0.1, -0.05) is 36.4 Å². The zero-order valence-electron chi connectivity index (χ0n) is 11.7.